The van der Waals surface area contributed by atoms with Gasteiger partial charge < -0.3 is 5.32 Å². The Hall–Kier alpha value is -1.49. The summed E-state index contributed by atoms with van der Waals surface area (Å²) in [6.07, 6.45) is 5.49. The molecular formula is C17H24N2. The smallest absolute Gasteiger partial charge is 0.0766 e. The summed E-state index contributed by atoms with van der Waals surface area (Å²) in [4.78, 5) is 0. The van der Waals surface area contributed by atoms with E-state index in [1.165, 1.54) is 25.7 Å². The molecule has 0 saturated heterocycles. The zero-order valence-corrected chi connectivity index (χ0v) is 12.2. The highest BCUT2D eigenvalue weighted by Crippen LogP contribution is 2.31. The van der Waals surface area contributed by atoms with Crippen LogP contribution in [-0.2, 0) is 5.41 Å². The van der Waals surface area contributed by atoms with Crippen molar-refractivity contribution in [2.24, 2.45) is 5.92 Å². The highest BCUT2D eigenvalue weighted by molar-refractivity contribution is 5.47. The second kappa shape index (κ2) is 5.65. The zero-order chi connectivity index (χ0) is 13.9. The molecule has 2 heteroatoms. The Bertz CT molecular complexity index is 449. The SMILES string of the molecule is CC(CC1CCC1)Nc1ccc(C(C)(C)C#N)cc1. The molecule has 1 unspecified atom stereocenters. The maximum atomic E-state index is 9.13. The van der Waals surface area contributed by atoms with Gasteiger partial charge in [-0.25, -0.2) is 0 Å². The lowest BCUT2D eigenvalue weighted by Crippen LogP contribution is -2.23. The van der Waals surface area contributed by atoms with Gasteiger partial charge in [-0.15, -0.1) is 0 Å². The monoisotopic (exact) mass is 256 g/mol. The maximum Gasteiger partial charge on any atom is 0.0766 e. The fourth-order valence-corrected chi connectivity index (χ4v) is 2.62. The topological polar surface area (TPSA) is 35.8 Å². The third kappa shape index (κ3) is 3.50. The molecule has 0 radical (unpaired) electrons. The molecule has 1 aliphatic rings. The third-order valence-corrected chi connectivity index (χ3v) is 4.21. The molecule has 0 spiro atoms. The van der Waals surface area contributed by atoms with Gasteiger partial charge in [0.1, 0.15) is 0 Å². The zero-order valence-electron chi connectivity index (χ0n) is 12.2. The van der Waals surface area contributed by atoms with Gasteiger partial charge in [-0.05, 0) is 50.8 Å². The van der Waals surface area contributed by atoms with E-state index in [0.29, 0.717) is 6.04 Å². The van der Waals surface area contributed by atoms with Crippen molar-refractivity contribution in [3.05, 3.63) is 29.8 Å². The molecule has 0 bridgehead atoms. The summed E-state index contributed by atoms with van der Waals surface area (Å²) in [6.45, 7) is 6.16. The molecule has 0 aliphatic heterocycles. The third-order valence-electron chi connectivity index (χ3n) is 4.21. The number of nitrogens with zero attached hydrogens (tertiary/aromatic N) is 1. The highest BCUT2D eigenvalue weighted by Gasteiger charge is 2.21. The quantitative estimate of drug-likeness (QED) is 0.843. The van der Waals surface area contributed by atoms with Crippen LogP contribution in [0.4, 0.5) is 5.69 Å². The van der Waals surface area contributed by atoms with E-state index in [-0.39, 0.29) is 0 Å². The van der Waals surface area contributed by atoms with Gasteiger partial charge in [0.2, 0.25) is 0 Å². The molecule has 1 aromatic carbocycles. The van der Waals surface area contributed by atoms with Gasteiger partial charge in [0.05, 0.1) is 11.5 Å². The van der Waals surface area contributed by atoms with E-state index in [2.05, 4.69) is 42.6 Å². The summed E-state index contributed by atoms with van der Waals surface area (Å²) < 4.78 is 0. The van der Waals surface area contributed by atoms with Crippen molar-refractivity contribution in [3.63, 3.8) is 0 Å². The van der Waals surface area contributed by atoms with Crippen molar-refractivity contribution in [3.8, 4) is 6.07 Å². The first kappa shape index (κ1) is 13.9. The van der Waals surface area contributed by atoms with Gasteiger partial charge in [-0.3, -0.25) is 0 Å². The van der Waals surface area contributed by atoms with E-state index in [9.17, 15) is 0 Å². The molecule has 1 atom stereocenters. The molecule has 1 aromatic rings. The lowest BCUT2D eigenvalue weighted by atomic mass is 9.81. The number of rotatable bonds is 5. The molecule has 0 aromatic heterocycles. The predicted molar refractivity (Wildman–Crippen MR) is 80.1 cm³/mol. The summed E-state index contributed by atoms with van der Waals surface area (Å²) in [6, 6.07) is 11.2. The van der Waals surface area contributed by atoms with Crippen molar-refractivity contribution in [2.45, 2.75) is 57.9 Å². The minimum atomic E-state index is -0.407. The Labute approximate surface area is 116 Å². The molecule has 0 amide bonds. The summed E-state index contributed by atoms with van der Waals surface area (Å²) in [5.41, 5.74) is 1.83. The predicted octanol–water partition coefficient (Wildman–Crippen LogP) is 4.48. The van der Waals surface area contributed by atoms with Crippen LogP contribution in [0.1, 0.15) is 52.0 Å². The van der Waals surface area contributed by atoms with Crippen molar-refractivity contribution in [1.29, 1.82) is 5.26 Å². The average Bonchev–Trinajstić information content (AvgIpc) is 2.35. The Morgan fingerprint density at radius 1 is 1.32 bits per heavy atom. The summed E-state index contributed by atoms with van der Waals surface area (Å²) in [7, 11) is 0. The minimum Gasteiger partial charge on any atom is -0.383 e. The van der Waals surface area contributed by atoms with Crippen molar-refractivity contribution < 1.29 is 0 Å². The number of hydrogen-bond acceptors (Lipinski definition) is 2. The van der Waals surface area contributed by atoms with E-state index in [1.54, 1.807) is 0 Å². The summed E-state index contributed by atoms with van der Waals surface area (Å²) in [5.74, 6) is 0.930. The second-order valence-corrected chi connectivity index (χ2v) is 6.39. The number of anilines is 1. The standard InChI is InChI=1S/C17H24N2/c1-13(11-14-5-4-6-14)19-16-9-7-15(8-10-16)17(2,3)12-18/h7-10,13-14,19H,4-6,11H2,1-3H3. The molecule has 1 aliphatic carbocycles. The van der Waals surface area contributed by atoms with Gasteiger partial charge in [0, 0.05) is 11.7 Å². The van der Waals surface area contributed by atoms with Crippen molar-refractivity contribution in [1.82, 2.24) is 0 Å². The highest BCUT2D eigenvalue weighted by atomic mass is 14.9. The Kier molecular flexibility index (Phi) is 4.14. The first-order valence-electron chi connectivity index (χ1n) is 7.29. The number of nitriles is 1. The molecule has 2 rings (SSSR count). The van der Waals surface area contributed by atoms with Crippen LogP contribution in [0.3, 0.4) is 0 Å². The Balaban J connectivity index is 1.93. The van der Waals surface area contributed by atoms with Gasteiger partial charge in [0.25, 0.3) is 0 Å². The molecule has 1 saturated carbocycles. The van der Waals surface area contributed by atoms with Crippen molar-refractivity contribution >= 4 is 5.69 Å². The average molecular weight is 256 g/mol. The largest absolute Gasteiger partial charge is 0.383 e. The van der Waals surface area contributed by atoms with E-state index in [1.807, 2.05) is 13.8 Å². The molecule has 19 heavy (non-hydrogen) atoms. The summed E-state index contributed by atoms with van der Waals surface area (Å²) >= 11 is 0. The molecule has 0 heterocycles. The first-order chi connectivity index (χ1) is 9.01. The Morgan fingerprint density at radius 3 is 2.42 bits per heavy atom. The van der Waals surface area contributed by atoms with Gasteiger partial charge >= 0.3 is 0 Å². The molecule has 2 nitrogen and oxygen atoms in total. The lowest BCUT2D eigenvalue weighted by molar-refractivity contribution is 0.286. The van der Waals surface area contributed by atoms with Crippen molar-refractivity contribution in [2.75, 3.05) is 5.32 Å². The van der Waals surface area contributed by atoms with E-state index >= 15 is 0 Å². The fraction of sp³-hybridized carbons (Fsp3) is 0.588. The number of hydrogen-bond donors (Lipinski definition) is 1. The molecule has 102 valence electrons. The van der Waals surface area contributed by atoms with Crippen LogP contribution in [0.5, 0.6) is 0 Å². The number of nitrogens with one attached hydrogen (secondary N) is 1. The lowest BCUT2D eigenvalue weighted by Gasteiger charge is -2.29. The molecular weight excluding hydrogens is 232 g/mol. The van der Waals surface area contributed by atoms with E-state index < -0.39 is 5.41 Å². The van der Waals surface area contributed by atoms with E-state index in [4.69, 9.17) is 5.26 Å². The van der Waals surface area contributed by atoms with Crippen LogP contribution in [-0.4, -0.2) is 6.04 Å². The molecule has 1 N–H and O–H groups in total. The second-order valence-electron chi connectivity index (χ2n) is 6.39. The van der Waals surface area contributed by atoms with Gasteiger partial charge in [0.15, 0.2) is 0 Å². The van der Waals surface area contributed by atoms with E-state index in [0.717, 1.165) is 17.2 Å². The normalized spacial score (nSPS) is 17.4. The van der Waals surface area contributed by atoms with Gasteiger partial charge in [-0.2, -0.15) is 5.26 Å². The fourth-order valence-electron chi connectivity index (χ4n) is 2.62. The van der Waals surface area contributed by atoms with Crippen LogP contribution in [0.2, 0.25) is 0 Å². The minimum absolute atomic E-state index is 0.407. The Morgan fingerprint density at radius 2 is 1.95 bits per heavy atom. The van der Waals surface area contributed by atoms with Crippen LogP contribution in [0, 0.1) is 17.2 Å². The first-order valence-corrected chi connectivity index (χ1v) is 7.29. The molecule has 1 fully saturated rings. The van der Waals surface area contributed by atoms with Gasteiger partial charge in [-0.1, -0.05) is 31.4 Å². The van der Waals surface area contributed by atoms with Crippen LogP contribution in [0.25, 0.3) is 0 Å². The summed E-state index contributed by atoms with van der Waals surface area (Å²) in [5, 5.41) is 12.7. The van der Waals surface area contributed by atoms with Crippen LogP contribution in [0.15, 0.2) is 24.3 Å². The number of benzene rings is 1. The van der Waals surface area contributed by atoms with Crippen LogP contribution < -0.4 is 5.32 Å². The van der Waals surface area contributed by atoms with Crippen LogP contribution >= 0.6 is 0 Å². The maximum absolute atomic E-state index is 9.13.